The van der Waals surface area contributed by atoms with E-state index in [-0.39, 0.29) is 17.4 Å². The Morgan fingerprint density at radius 1 is 1.40 bits per heavy atom. The topological polar surface area (TPSA) is 41.1 Å². The van der Waals surface area contributed by atoms with Crippen LogP contribution in [0.3, 0.4) is 0 Å². The van der Waals surface area contributed by atoms with Gasteiger partial charge in [0.25, 0.3) is 0 Å². The first kappa shape index (κ1) is 15.3. The predicted molar refractivity (Wildman–Crippen MR) is 82.8 cm³/mol. The largest absolute Gasteiger partial charge is 0.346 e. The first-order valence-corrected chi connectivity index (χ1v) is 7.68. The van der Waals surface area contributed by atoms with E-state index >= 15 is 0 Å². The summed E-state index contributed by atoms with van der Waals surface area (Å²) >= 11 is 6.11. The van der Waals surface area contributed by atoms with E-state index in [0.29, 0.717) is 6.54 Å². The third-order valence-electron chi connectivity index (χ3n) is 4.15. The second-order valence-corrected chi connectivity index (χ2v) is 6.18. The summed E-state index contributed by atoms with van der Waals surface area (Å²) < 4.78 is 0. The summed E-state index contributed by atoms with van der Waals surface area (Å²) in [5.74, 6) is 0.0814. The fraction of sp³-hybridized carbons (Fsp3) is 0.562. The number of rotatable bonds is 5. The summed E-state index contributed by atoms with van der Waals surface area (Å²) in [5.41, 5.74) is 0.900. The van der Waals surface area contributed by atoms with Crippen LogP contribution in [0, 0.1) is 5.92 Å². The van der Waals surface area contributed by atoms with Crippen molar-refractivity contribution < 1.29 is 4.79 Å². The van der Waals surface area contributed by atoms with Crippen LogP contribution >= 0.6 is 11.6 Å². The van der Waals surface area contributed by atoms with E-state index in [1.807, 2.05) is 32.2 Å². The summed E-state index contributed by atoms with van der Waals surface area (Å²) in [6.07, 6.45) is 4.27. The van der Waals surface area contributed by atoms with E-state index in [0.717, 1.165) is 36.3 Å². The monoisotopic (exact) mass is 294 g/mol. The number of nitrogens with one attached hydrogen (secondary N) is 2. The van der Waals surface area contributed by atoms with Crippen molar-refractivity contribution in [1.29, 1.82) is 0 Å². The number of carbonyl (C=O) groups is 1. The minimum Gasteiger partial charge on any atom is -0.346 e. The smallest absolute Gasteiger partial charge is 0.224 e. The molecule has 1 aliphatic carbocycles. The molecule has 0 saturated heterocycles. The van der Waals surface area contributed by atoms with Crippen LogP contribution in [-0.2, 0) is 10.3 Å². The van der Waals surface area contributed by atoms with E-state index in [9.17, 15) is 4.79 Å². The van der Waals surface area contributed by atoms with Gasteiger partial charge in [-0.2, -0.15) is 0 Å². The Bertz CT molecular complexity index is 469. The van der Waals surface area contributed by atoms with Gasteiger partial charge in [-0.05, 0) is 37.6 Å². The molecule has 1 aromatic rings. The average molecular weight is 295 g/mol. The summed E-state index contributed by atoms with van der Waals surface area (Å²) in [6, 6.07) is 7.89. The molecule has 4 heteroatoms. The van der Waals surface area contributed by atoms with Crippen molar-refractivity contribution in [3.8, 4) is 0 Å². The molecule has 1 atom stereocenters. The first-order valence-electron chi connectivity index (χ1n) is 7.30. The Morgan fingerprint density at radius 3 is 2.70 bits per heavy atom. The fourth-order valence-corrected chi connectivity index (χ4v) is 3.20. The Hall–Kier alpha value is -1.06. The quantitative estimate of drug-likeness (QED) is 0.876. The molecule has 2 N–H and O–H groups in total. The summed E-state index contributed by atoms with van der Waals surface area (Å²) in [5, 5.41) is 7.06. The molecule has 0 aromatic heterocycles. The molecule has 0 heterocycles. The molecule has 110 valence electrons. The fourth-order valence-electron chi connectivity index (χ4n) is 3.01. The van der Waals surface area contributed by atoms with Gasteiger partial charge in [-0.1, -0.05) is 43.5 Å². The van der Waals surface area contributed by atoms with Crippen LogP contribution in [0.5, 0.6) is 0 Å². The Balaban J connectivity index is 2.20. The minimum absolute atomic E-state index is 0.0309. The SMILES string of the molecule is CNCC(C)C(=O)NC1(c2cccc(Cl)c2)CCCC1. The number of carbonyl (C=O) groups excluding carboxylic acids is 1. The van der Waals surface area contributed by atoms with Gasteiger partial charge >= 0.3 is 0 Å². The molecule has 1 unspecified atom stereocenters. The lowest BCUT2D eigenvalue weighted by molar-refractivity contribution is -0.126. The van der Waals surface area contributed by atoms with Crippen LogP contribution in [0.25, 0.3) is 0 Å². The molecular formula is C16H23ClN2O. The van der Waals surface area contributed by atoms with Crippen LogP contribution in [0.1, 0.15) is 38.2 Å². The van der Waals surface area contributed by atoms with E-state index in [1.54, 1.807) is 0 Å². The van der Waals surface area contributed by atoms with Gasteiger partial charge in [-0.3, -0.25) is 4.79 Å². The average Bonchev–Trinajstić information content (AvgIpc) is 2.89. The predicted octanol–water partition coefficient (Wildman–Crippen LogP) is 3.08. The molecule has 20 heavy (non-hydrogen) atoms. The Morgan fingerprint density at radius 2 is 2.10 bits per heavy atom. The lowest BCUT2D eigenvalue weighted by Gasteiger charge is -2.32. The first-order chi connectivity index (χ1) is 9.57. The molecule has 1 aromatic carbocycles. The van der Waals surface area contributed by atoms with Gasteiger partial charge in [0.1, 0.15) is 0 Å². The molecule has 0 aliphatic heterocycles. The highest BCUT2D eigenvalue weighted by atomic mass is 35.5. The van der Waals surface area contributed by atoms with Crippen LogP contribution in [0.15, 0.2) is 24.3 Å². The molecule has 3 nitrogen and oxygen atoms in total. The lowest BCUT2D eigenvalue weighted by Crippen LogP contribution is -2.47. The van der Waals surface area contributed by atoms with Gasteiger partial charge in [-0.15, -0.1) is 0 Å². The second kappa shape index (κ2) is 6.59. The van der Waals surface area contributed by atoms with Crippen molar-refractivity contribution in [2.75, 3.05) is 13.6 Å². The molecule has 0 spiro atoms. The number of halogens is 1. The number of hydrogen-bond donors (Lipinski definition) is 2. The zero-order valence-electron chi connectivity index (χ0n) is 12.2. The standard InChI is InChI=1S/C16H23ClN2O/c1-12(11-18-2)15(20)19-16(8-3-4-9-16)13-6-5-7-14(17)10-13/h5-7,10,12,18H,3-4,8-9,11H2,1-2H3,(H,19,20). The Labute approximate surface area is 126 Å². The maximum atomic E-state index is 12.4. The molecular weight excluding hydrogens is 272 g/mol. The summed E-state index contributed by atoms with van der Waals surface area (Å²) in [7, 11) is 1.87. The maximum Gasteiger partial charge on any atom is 0.224 e. The summed E-state index contributed by atoms with van der Waals surface area (Å²) in [4.78, 5) is 12.4. The van der Waals surface area contributed by atoms with E-state index in [1.165, 1.54) is 0 Å². The van der Waals surface area contributed by atoms with Crippen molar-refractivity contribution in [2.24, 2.45) is 5.92 Å². The molecule has 2 rings (SSSR count). The number of amides is 1. The van der Waals surface area contributed by atoms with Gasteiger partial charge in [0.05, 0.1) is 5.54 Å². The molecule has 1 aliphatic rings. The van der Waals surface area contributed by atoms with E-state index < -0.39 is 0 Å². The van der Waals surface area contributed by atoms with Gasteiger partial charge in [0, 0.05) is 17.5 Å². The highest BCUT2D eigenvalue weighted by Gasteiger charge is 2.37. The third kappa shape index (κ3) is 3.33. The lowest BCUT2D eigenvalue weighted by atomic mass is 9.87. The van der Waals surface area contributed by atoms with Crippen molar-refractivity contribution in [3.05, 3.63) is 34.9 Å². The maximum absolute atomic E-state index is 12.4. The van der Waals surface area contributed by atoms with Gasteiger partial charge < -0.3 is 10.6 Å². The zero-order valence-corrected chi connectivity index (χ0v) is 13.0. The molecule has 1 amide bonds. The molecule has 1 saturated carbocycles. The third-order valence-corrected chi connectivity index (χ3v) is 4.39. The number of benzene rings is 1. The van der Waals surface area contributed by atoms with Crippen LogP contribution in [0.2, 0.25) is 5.02 Å². The van der Waals surface area contributed by atoms with Crippen LogP contribution in [-0.4, -0.2) is 19.5 Å². The minimum atomic E-state index is -0.232. The molecule has 0 radical (unpaired) electrons. The second-order valence-electron chi connectivity index (χ2n) is 5.75. The van der Waals surface area contributed by atoms with E-state index in [4.69, 9.17) is 11.6 Å². The highest BCUT2D eigenvalue weighted by Crippen LogP contribution is 2.39. The van der Waals surface area contributed by atoms with Crippen molar-refractivity contribution in [2.45, 2.75) is 38.1 Å². The number of hydrogen-bond acceptors (Lipinski definition) is 2. The van der Waals surface area contributed by atoms with Crippen molar-refractivity contribution >= 4 is 17.5 Å². The zero-order chi connectivity index (χ0) is 14.6. The highest BCUT2D eigenvalue weighted by molar-refractivity contribution is 6.30. The van der Waals surface area contributed by atoms with Gasteiger partial charge in [-0.25, -0.2) is 0 Å². The van der Waals surface area contributed by atoms with Crippen molar-refractivity contribution in [1.82, 2.24) is 10.6 Å². The normalized spacial score (nSPS) is 18.8. The summed E-state index contributed by atoms with van der Waals surface area (Å²) in [6.45, 7) is 2.64. The van der Waals surface area contributed by atoms with Gasteiger partial charge in [0.15, 0.2) is 0 Å². The Kier molecular flexibility index (Phi) is 5.06. The van der Waals surface area contributed by atoms with E-state index in [2.05, 4.69) is 16.7 Å². The molecule has 0 bridgehead atoms. The van der Waals surface area contributed by atoms with Crippen molar-refractivity contribution in [3.63, 3.8) is 0 Å². The van der Waals surface area contributed by atoms with Crippen LogP contribution < -0.4 is 10.6 Å². The van der Waals surface area contributed by atoms with Crippen LogP contribution in [0.4, 0.5) is 0 Å². The van der Waals surface area contributed by atoms with Gasteiger partial charge in [0.2, 0.25) is 5.91 Å². The molecule has 1 fully saturated rings.